The summed E-state index contributed by atoms with van der Waals surface area (Å²) in [6, 6.07) is 8.49. The largest absolute Gasteiger partial charge is 0.474 e. The van der Waals surface area contributed by atoms with Crippen LogP contribution in [-0.4, -0.2) is 28.5 Å². The number of carbonyl (C=O) groups excluding carboxylic acids is 1. The lowest BCUT2D eigenvalue weighted by molar-refractivity contribution is 0.0519. The van der Waals surface area contributed by atoms with E-state index >= 15 is 0 Å². The second kappa shape index (κ2) is 8.33. The van der Waals surface area contributed by atoms with Gasteiger partial charge in [0, 0.05) is 6.07 Å². The number of aromatic nitrogens is 2. The number of carbonyl (C=O) groups is 1. The fourth-order valence-corrected chi connectivity index (χ4v) is 4.28. The molecule has 1 aromatic carbocycles. The molecule has 2 aliphatic carbocycles. The van der Waals surface area contributed by atoms with Gasteiger partial charge in [-0.3, -0.25) is 0 Å². The van der Waals surface area contributed by atoms with Crippen molar-refractivity contribution in [3.8, 4) is 11.6 Å². The van der Waals surface area contributed by atoms with Gasteiger partial charge in [0.05, 0.1) is 12.3 Å². The summed E-state index contributed by atoms with van der Waals surface area (Å²) < 4.78 is 13.4. The van der Waals surface area contributed by atoms with E-state index in [0.717, 1.165) is 18.5 Å². The molecule has 5 heteroatoms. The van der Waals surface area contributed by atoms with Crippen LogP contribution < -0.4 is 4.74 Å². The van der Waals surface area contributed by atoms with E-state index in [-0.39, 0.29) is 16.9 Å². The summed E-state index contributed by atoms with van der Waals surface area (Å²) in [5.74, 6) is 0.226. The van der Waals surface area contributed by atoms with E-state index in [1.165, 1.54) is 43.2 Å². The third-order valence-electron chi connectivity index (χ3n) is 6.73. The van der Waals surface area contributed by atoms with E-state index in [9.17, 15) is 4.79 Å². The van der Waals surface area contributed by atoms with Crippen molar-refractivity contribution in [2.24, 2.45) is 0 Å². The van der Waals surface area contributed by atoms with E-state index in [1.807, 2.05) is 11.6 Å². The first-order valence-corrected chi connectivity index (χ1v) is 11.8. The van der Waals surface area contributed by atoms with Gasteiger partial charge in [-0.05, 0) is 79.5 Å². The first-order valence-electron chi connectivity index (χ1n) is 11.8. The van der Waals surface area contributed by atoms with Gasteiger partial charge in [-0.15, -0.1) is 0 Å². The summed E-state index contributed by atoms with van der Waals surface area (Å²) in [4.78, 5) is 12.4. The van der Waals surface area contributed by atoms with Crippen LogP contribution in [0.2, 0.25) is 0 Å². The molecule has 2 fully saturated rings. The molecule has 0 aliphatic heterocycles. The van der Waals surface area contributed by atoms with Crippen molar-refractivity contribution < 1.29 is 14.3 Å². The smallest absolute Gasteiger partial charge is 0.358 e. The van der Waals surface area contributed by atoms with E-state index in [0.29, 0.717) is 18.2 Å². The van der Waals surface area contributed by atoms with Crippen LogP contribution in [0.4, 0.5) is 0 Å². The van der Waals surface area contributed by atoms with Crippen molar-refractivity contribution in [3.05, 3.63) is 41.1 Å². The van der Waals surface area contributed by atoms with Gasteiger partial charge in [0.25, 0.3) is 0 Å². The van der Waals surface area contributed by atoms with E-state index in [2.05, 4.69) is 51.0 Å². The normalized spacial score (nSPS) is 18.6. The summed E-state index contributed by atoms with van der Waals surface area (Å²) in [6.07, 6.45) is 8.32. The van der Waals surface area contributed by atoms with Crippen LogP contribution in [0, 0.1) is 0 Å². The predicted molar refractivity (Wildman–Crippen MR) is 122 cm³/mol. The van der Waals surface area contributed by atoms with Crippen molar-refractivity contribution >= 4 is 5.97 Å². The maximum Gasteiger partial charge on any atom is 0.358 e. The molecule has 1 heterocycles. The minimum absolute atomic E-state index is 0.0114. The van der Waals surface area contributed by atoms with E-state index in [1.54, 1.807) is 6.07 Å². The van der Waals surface area contributed by atoms with Gasteiger partial charge in [-0.2, -0.15) is 5.10 Å². The summed E-state index contributed by atoms with van der Waals surface area (Å²) in [7, 11) is 0. The molecule has 0 unspecified atom stereocenters. The second-order valence-corrected chi connectivity index (χ2v) is 10.5. The molecule has 1 aromatic heterocycles. The number of hydrogen-bond acceptors (Lipinski definition) is 4. The number of rotatable bonds is 6. The number of nitrogens with zero attached hydrogens (tertiary/aromatic N) is 2. The number of ether oxygens (including phenoxy) is 2. The number of benzene rings is 1. The molecule has 168 valence electrons. The molecule has 4 rings (SSSR count). The molecule has 2 saturated carbocycles. The van der Waals surface area contributed by atoms with Crippen LogP contribution in [0.1, 0.15) is 101 Å². The highest BCUT2D eigenvalue weighted by molar-refractivity contribution is 5.87. The monoisotopic (exact) mass is 424 g/mol. The van der Waals surface area contributed by atoms with Crippen LogP contribution in [0.5, 0.6) is 5.88 Å². The van der Waals surface area contributed by atoms with Crippen LogP contribution in [-0.2, 0) is 15.6 Å². The van der Waals surface area contributed by atoms with Crippen molar-refractivity contribution in [2.75, 3.05) is 6.61 Å². The first kappa shape index (κ1) is 21.9. The highest BCUT2D eigenvalue weighted by Gasteiger charge is 2.40. The predicted octanol–water partition coefficient (Wildman–Crippen LogP) is 6.11. The third-order valence-corrected chi connectivity index (χ3v) is 6.73. The Morgan fingerprint density at radius 3 is 2.45 bits per heavy atom. The van der Waals surface area contributed by atoms with Gasteiger partial charge < -0.3 is 9.47 Å². The van der Waals surface area contributed by atoms with Gasteiger partial charge in [0.15, 0.2) is 5.69 Å². The Morgan fingerprint density at radius 2 is 1.84 bits per heavy atom. The molecular weight excluding hydrogens is 388 g/mol. The quantitative estimate of drug-likeness (QED) is 0.525. The zero-order valence-corrected chi connectivity index (χ0v) is 19.7. The maximum absolute atomic E-state index is 12.4. The highest BCUT2D eigenvalue weighted by Crippen LogP contribution is 2.49. The van der Waals surface area contributed by atoms with Gasteiger partial charge in [0.1, 0.15) is 6.10 Å². The molecule has 2 aliphatic rings. The minimum atomic E-state index is -0.406. The highest BCUT2D eigenvalue weighted by atomic mass is 16.5. The lowest BCUT2D eigenvalue weighted by Gasteiger charge is -2.25. The van der Waals surface area contributed by atoms with Gasteiger partial charge >= 0.3 is 5.97 Å². The standard InChI is InChI=1S/C26H36N2O3/c1-6-30-24(29)22-17-23(31-21-10-8-7-9-11-21)28(27-22)20-15-18(25(2,3)4)14-19(16-20)26(5)12-13-26/h14-17,21H,6-13H2,1-5H3. The zero-order chi connectivity index (χ0) is 22.2. The molecule has 0 spiro atoms. The molecule has 0 radical (unpaired) electrons. The molecule has 0 atom stereocenters. The summed E-state index contributed by atoms with van der Waals surface area (Å²) in [6.45, 7) is 11.2. The van der Waals surface area contributed by atoms with E-state index < -0.39 is 5.97 Å². The average Bonchev–Trinajstić information content (AvgIpc) is 3.35. The Labute approximate surface area is 186 Å². The summed E-state index contributed by atoms with van der Waals surface area (Å²) in [5.41, 5.74) is 4.11. The van der Waals surface area contributed by atoms with Crippen LogP contribution in [0.15, 0.2) is 24.3 Å². The van der Waals surface area contributed by atoms with Crippen molar-refractivity contribution in [1.29, 1.82) is 0 Å². The van der Waals surface area contributed by atoms with Gasteiger partial charge in [0.2, 0.25) is 5.88 Å². The van der Waals surface area contributed by atoms with E-state index in [4.69, 9.17) is 9.47 Å². The topological polar surface area (TPSA) is 53.4 Å². The summed E-state index contributed by atoms with van der Waals surface area (Å²) in [5, 5.41) is 4.65. The molecule has 0 saturated heterocycles. The fraction of sp³-hybridized carbons (Fsp3) is 0.615. The fourth-order valence-electron chi connectivity index (χ4n) is 4.28. The first-order chi connectivity index (χ1) is 14.7. The lowest BCUT2D eigenvalue weighted by Crippen LogP contribution is -2.21. The SMILES string of the molecule is CCOC(=O)c1cc(OC2CCCCC2)n(-c2cc(C(C)(C)C)cc(C3(C)CC3)c2)n1. The van der Waals surface area contributed by atoms with Gasteiger partial charge in [-0.25, -0.2) is 9.48 Å². The molecule has 0 N–H and O–H groups in total. The lowest BCUT2D eigenvalue weighted by atomic mass is 9.83. The number of esters is 1. The molecule has 2 aromatic rings. The van der Waals surface area contributed by atoms with Gasteiger partial charge in [-0.1, -0.05) is 40.2 Å². The number of hydrogen-bond donors (Lipinski definition) is 0. The van der Waals surface area contributed by atoms with Crippen molar-refractivity contribution in [2.45, 2.75) is 96.5 Å². The summed E-state index contributed by atoms with van der Waals surface area (Å²) >= 11 is 0. The molecule has 31 heavy (non-hydrogen) atoms. The third kappa shape index (κ3) is 4.81. The zero-order valence-electron chi connectivity index (χ0n) is 19.7. The maximum atomic E-state index is 12.4. The second-order valence-electron chi connectivity index (χ2n) is 10.5. The van der Waals surface area contributed by atoms with Crippen LogP contribution in [0.3, 0.4) is 0 Å². The van der Waals surface area contributed by atoms with Crippen molar-refractivity contribution in [1.82, 2.24) is 9.78 Å². The minimum Gasteiger partial charge on any atom is -0.474 e. The Morgan fingerprint density at radius 1 is 1.13 bits per heavy atom. The van der Waals surface area contributed by atoms with Crippen molar-refractivity contribution in [3.63, 3.8) is 0 Å². The molecular formula is C26H36N2O3. The van der Waals surface area contributed by atoms with Crippen LogP contribution >= 0.6 is 0 Å². The Balaban J connectivity index is 1.78. The van der Waals surface area contributed by atoms with Crippen LogP contribution in [0.25, 0.3) is 5.69 Å². The molecule has 0 amide bonds. The Hall–Kier alpha value is -2.30. The molecule has 0 bridgehead atoms. The Bertz CT molecular complexity index is 921. The average molecular weight is 425 g/mol. The Kier molecular flexibility index (Phi) is 5.89. The molecule has 5 nitrogen and oxygen atoms in total.